The molecule has 1 heterocycles. The van der Waals surface area contributed by atoms with Crippen molar-refractivity contribution in [3.63, 3.8) is 0 Å². The summed E-state index contributed by atoms with van der Waals surface area (Å²) >= 11 is 12.1. The summed E-state index contributed by atoms with van der Waals surface area (Å²) in [5, 5.41) is 2.37. The zero-order chi connectivity index (χ0) is 14.8. The fourth-order valence-corrected chi connectivity index (χ4v) is 2.80. The SMILES string of the molecule is NC(Cc1ccc(Cl)cc1Cl)c1ccc2ccccc2n1. The fraction of sp³-hybridized carbons (Fsp3) is 0.118. The molecule has 2 aromatic carbocycles. The van der Waals surface area contributed by atoms with E-state index in [1.165, 1.54) is 0 Å². The Labute approximate surface area is 133 Å². The number of para-hydroxylation sites is 1. The van der Waals surface area contributed by atoms with Crippen LogP contribution in [0.25, 0.3) is 10.9 Å². The van der Waals surface area contributed by atoms with Crippen molar-refractivity contribution in [2.45, 2.75) is 12.5 Å². The van der Waals surface area contributed by atoms with Gasteiger partial charge >= 0.3 is 0 Å². The first kappa shape index (κ1) is 14.3. The highest BCUT2D eigenvalue weighted by atomic mass is 35.5. The average molecular weight is 317 g/mol. The highest BCUT2D eigenvalue weighted by Crippen LogP contribution is 2.25. The molecule has 3 rings (SSSR count). The van der Waals surface area contributed by atoms with Gasteiger partial charge in [0.1, 0.15) is 0 Å². The lowest BCUT2D eigenvalue weighted by atomic mass is 10.0. The summed E-state index contributed by atoms with van der Waals surface area (Å²) in [6.07, 6.45) is 0.626. The lowest BCUT2D eigenvalue weighted by Gasteiger charge is -2.13. The highest BCUT2D eigenvalue weighted by molar-refractivity contribution is 6.35. The van der Waals surface area contributed by atoms with Gasteiger partial charge in [-0.1, -0.05) is 53.5 Å². The maximum absolute atomic E-state index is 6.27. The second kappa shape index (κ2) is 6.02. The minimum Gasteiger partial charge on any atom is -0.322 e. The van der Waals surface area contributed by atoms with Crippen molar-refractivity contribution in [2.24, 2.45) is 5.73 Å². The van der Waals surface area contributed by atoms with Crippen molar-refractivity contribution in [1.82, 2.24) is 4.98 Å². The van der Waals surface area contributed by atoms with Gasteiger partial charge in [-0.15, -0.1) is 0 Å². The molecule has 0 amide bonds. The monoisotopic (exact) mass is 316 g/mol. The largest absolute Gasteiger partial charge is 0.322 e. The Bertz CT molecular complexity index is 787. The zero-order valence-corrected chi connectivity index (χ0v) is 12.8. The minimum atomic E-state index is -0.201. The first-order valence-electron chi connectivity index (χ1n) is 6.69. The van der Waals surface area contributed by atoms with Crippen LogP contribution in [0.1, 0.15) is 17.3 Å². The van der Waals surface area contributed by atoms with Gasteiger partial charge in [-0.05, 0) is 36.2 Å². The molecule has 0 aliphatic carbocycles. The van der Waals surface area contributed by atoms with Crippen LogP contribution in [0.5, 0.6) is 0 Å². The van der Waals surface area contributed by atoms with Gasteiger partial charge in [0.2, 0.25) is 0 Å². The molecule has 0 radical (unpaired) electrons. The van der Waals surface area contributed by atoms with Crippen LogP contribution in [0.3, 0.4) is 0 Å². The average Bonchev–Trinajstić information content (AvgIpc) is 2.49. The Balaban J connectivity index is 1.87. The van der Waals surface area contributed by atoms with Gasteiger partial charge in [0, 0.05) is 15.4 Å². The van der Waals surface area contributed by atoms with Crippen LogP contribution in [0, 0.1) is 0 Å². The van der Waals surface area contributed by atoms with Crippen molar-refractivity contribution in [1.29, 1.82) is 0 Å². The lowest BCUT2D eigenvalue weighted by Crippen LogP contribution is -2.15. The van der Waals surface area contributed by atoms with Crippen molar-refractivity contribution < 1.29 is 0 Å². The predicted octanol–water partition coefficient (Wildman–Crippen LogP) is 4.78. The van der Waals surface area contributed by atoms with Gasteiger partial charge in [0.15, 0.2) is 0 Å². The van der Waals surface area contributed by atoms with Crippen molar-refractivity contribution in [3.8, 4) is 0 Å². The first-order chi connectivity index (χ1) is 10.1. The second-order valence-corrected chi connectivity index (χ2v) is 5.82. The van der Waals surface area contributed by atoms with Gasteiger partial charge in [0.05, 0.1) is 17.3 Å². The lowest BCUT2D eigenvalue weighted by molar-refractivity contribution is 0.700. The molecule has 1 atom stereocenters. The Morgan fingerprint density at radius 2 is 1.81 bits per heavy atom. The van der Waals surface area contributed by atoms with E-state index in [1.807, 2.05) is 48.5 Å². The number of pyridine rings is 1. The summed E-state index contributed by atoms with van der Waals surface area (Å²) < 4.78 is 0. The number of benzene rings is 2. The molecule has 106 valence electrons. The topological polar surface area (TPSA) is 38.9 Å². The van der Waals surface area contributed by atoms with Crippen LogP contribution >= 0.6 is 23.2 Å². The van der Waals surface area contributed by atoms with E-state index in [1.54, 1.807) is 6.07 Å². The number of fused-ring (bicyclic) bond motifs is 1. The Kier molecular flexibility index (Phi) is 4.11. The van der Waals surface area contributed by atoms with Crippen molar-refractivity contribution >= 4 is 34.1 Å². The number of nitrogens with two attached hydrogens (primary N) is 1. The summed E-state index contributed by atoms with van der Waals surface area (Å²) in [4.78, 5) is 4.62. The third-order valence-corrected chi connectivity index (χ3v) is 4.04. The van der Waals surface area contributed by atoms with E-state index in [2.05, 4.69) is 4.98 Å². The molecule has 0 fully saturated rings. The van der Waals surface area contributed by atoms with Crippen LogP contribution < -0.4 is 5.73 Å². The zero-order valence-electron chi connectivity index (χ0n) is 11.3. The standard InChI is InChI=1S/C17H14Cl2N2/c18-13-7-5-12(14(19)10-13)9-15(20)17-8-6-11-3-1-2-4-16(11)21-17/h1-8,10,15H,9,20H2. The molecule has 0 aliphatic rings. The Morgan fingerprint density at radius 3 is 2.62 bits per heavy atom. The maximum Gasteiger partial charge on any atom is 0.0706 e. The highest BCUT2D eigenvalue weighted by Gasteiger charge is 2.11. The molecule has 1 unspecified atom stereocenters. The third-order valence-electron chi connectivity index (χ3n) is 3.45. The normalized spacial score (nSPS) is 12.5. The van der Waals surface area contributed by atoms with Gasteiger partial charge in [-0.2, -0.15) is 0 Å². The summed E-state index contributed by atoms with van der Waals surface area (Å²) in [7, 11) is 0. The van der Waals surface area contributed by atoms with Crippen LogP contribution in [0.2, 0.25) is 10.0 Å². The number of rotatable bonds is 3. The van der Waals surface area contributed by atoms with Crippen LogP contribution in [0.15, 0.2) is 54.6 Å². The molecule has 21 heavy (non-hydrogen) atoms. The molecule has 0 saturated heterocycles. The van der Waals surface area contributed by atoms with Gasteiger partial charge in [-0.25, -0.2) is 0 Å². The van der Waals surface area contributed by atoms with Crippen LogP contribution in [-0.4, -0.2) is 4.98 Å². The van der Waals surface area contributed by atoms with Crippen molar-refractivity contribution in [3.05, 3.63) is 75.9 Å². The minimum absolute atomic E-state index is 0.201. The number of hydrogen-bond donors (Lipinski definition) is 1. The van der Waals surface area contributed by atoms with Crippen molar-refractivity contribution in [2.75, 3.05) is 0 Å². The fourth-order valence-electron chi connectivity index (χ4n) is 2.32. The molecule has 2 N–H and O–H groups in total. The molecular weight excluding hydrogens is 303 g/mol. The molecule has 0 spiro atoms. The smallest absolute Gasteiger partial charge is 0.0706 e. The van der Waals surface area contributed by atoms with Crippen LogP contribution in [-0.2, 0) is 6.42 Å². The third kappa shape index (κ3) is 3.18. The van der Waals surface area contributed by atoms with Gasteiger partial charge in [0.25, 0.3) is 0 Å². The molecule has 3 aromatic rings. The van der Waals surface area contributed by atoms with Gasteiger partial charge < -0.3 is 5.73 Å². The van der Waals surface area contributed by atoms with E-state index in [9.17, 15) is 0 Å². The summed E-state index contributed by atoms with van der Waals surface area (Å²) in [5.74, 6) is 0. The second-order valence-electron chi connectivity index (χ2n) is 4.98. The molecule has 4 heteroatoms. The van der Waals surface area contributed by atoms with Crippen LogP contribution in [0.4, 0.5) is 0 Å². The first-order valence-corrected chi connectivity index (χ1v) is 7.44. The van der Waals surface area contributed by atoms with E-state index in [0.717, 1.165) is 22.2 Å². The van der Waals surface area contributed by atoms with E-state index in [0.29, 0.717) is 16.5 Å². The van der Waals surface area contributed by atoms with E-state index in [4.69, 9.17) is 28.9 Å². The number of nitrogens with zero attached hydrogens (tertiary/aromatic N) is 1. The maximum atomic E-state index is 6.27. The molecule has 0 bridgehead atoms. The van der Waals surface area contributed by atoms with Gasteiger partial charge in [-0.3, -0.25) is 4.98 Å². The molecule has 1 aromatic heterocycles. The van der Waals surface area contributed by atoms with E-state index < -0.39 is 0 Å². The molecular formula is C17H14Cl2N2. The number of aromatic nitrogens is 1. The predicted molar refractivity (Wildman–Crippen MR) is 88.8 cm³/mol. The molecule has 2 nitrogen and oxygen atoms in total. The number of halogens is 2. The quantitative estimate of drug-likeness (QED) is 0.755. The summed E-state index contributed by atoms with van der Waals surface area (Å²) in [6, 6.07) is 17.3. The summed E-state index contributed by atoms with van der Waals surface area (Å²) in [6.45, 7) is 0. The Hall–Kier alpha value is -1.61. The van der Waals surface area contributed by atoms with E-state index >= 15 is 0 Å². The summed E-state index contributed by atoms with van der Waals surface area (Å²) in [5.41, 5.74) is 9.06. The Morgan fingerprint density at radius 1 is 1.00 bits per heavy atom. The molecule has 0 aliphatic heterocycles. The van der Waals surface area contributed by atoms with E-state index in [-0.39, 0.29) is 6.04 Å². The molecule has 0 saturated carbocycles. The number of hydrogen-bond acceptors (Lipinski definition) is 2.